The highest BCUT2D eigenvalue weighted by Crippen LogP contribution is 2.15. The Hall–Kier alpha value is -3.06. The number of carbonyl (C=O) groups is 2. The molecule has 0 spiro atoms. The highest BCUT2D eigenvalue weighted by molar-refractivity contribution is 6.30. The zero-order valence-corrected chi connectivity index (χ0v) is 14.5. The van der Waals surface area contributed by atoms with Gasteiger partial charge in [-0.25, -0.2) is 4.98 Å². The molecular weight excluding hydrogens is 356 g/mol. The van der Waals surface area contributed by atoms with Gasteiger partial charge in [-0.2, -0.15) is 0 Å². The smallest absolute Gasteiger partial charge is 0.258 e. The van der Waals surface area contributed by atoms with Crippen molar-refractivity contribution in [2.75, 3.05) is 19.7 Å². The van der Waals surface area contributed by atoms with Crippen molar-refractivity contribution in [3.63, 3.8) is 0 Å². The number of nitrogens with one attached hydrogen (secondary N) is 3. The summed E-state index contributed by atoms with van der Waals surface area (Å²) in [5, 5.41) is 6.02. The van der Waals surface area contributed by atoms with E-state index in [0.29, 0.717) is 29.4 Å². The van der Waals surface area contributed by atoms with Crippen molar-refractivity contribution >= 4 is 34.4 Å². The molecule has 0 saturated heterocycles. The molecule has 3 N–H and O–H groups in total. The van der Waals surface area contributed by atoms with Crippen molar-refractivity contribution < 1.29 is 14.3 Å². The van der Waals surface area contributed by atoms with E-state index in [1.807, 2.05) is 0 Å². The first-order valence-electron chi connectivity index (χ1n) is 7.98. The predicted molar refractivity (Wildman–Crippen MR) is 98.4 cm³/mol. The zero-order valence-electron chi connectivity index (χ0n) is 13.8. The lowest BCUT2D eigenvalue weighted by Gasteiger charge is -2.08. The number of fused-ring (bicyclic) bond motifs is 1. The first-order chi connectivity index (χ1) is 12.6. The number of carbonyl (C=O) groups excluding carboxylic acids is 2. The number of aromatic nitrogens is 2. The summed E-state index contributed by atoms with van der Waals surface area (Å²) in [7, 11) is 0. The maximum absolute atomic E-state index is 12.1. The van der Waals surface area contributed by atoms with Gasteiger partial charge in [-0.15, -0.1) is 0 Å². The normalized spacial score (nSPS) is 10.5. The summed E-state index contributed by atoms with van der Waals surface area (Å²) in [6, 6.07) is 12.0. The molecule has 134 valence electrons. The van der Waals surface area contributed by atoms with Crippen molar-refractivity contribution in [3.8, 4) is 5.75 Å². The maximum Gasteiger partial charge on any atom is 0.258 e. The molecule has 0 atom stereocenters. The van der Waals surface area contributed by atoms with Gasteiger partial charge in [0.25, 0.3) is 11.8 Å². The first kappa shape index (κ1) is 17.8. The number of H-pyrrole nitrogens is 1. The average Bonchev–Trinajstić information content (AvgIpc) is 3.12. The number of nitrogens with zero attached hydrogens (tertiary/aromatic N) is 1. The highest BCUT2D eigenvalue weighted by Gasteiger charge is 2.07. The van der Waals surface area contributed by atoms with Gasteiger partial charge in [0.15, 0.2) is 6.61 Å². The van der Waals surface area contributed by atoms with E-state index >= 15 is 0 Å². The molecule has 8 heteroatoms. The van der Waals surface area contributed by atoms with Crippen molar-refractivity contribution in [1.82, 2.24) is 20.6 Å². The Balaban J connectivity index is 1.37. The fourth-order valence-electron chi connectivity index (χ4n) is 2.29. The summed E-state index contributed by atoms with van der Waals surface area (Å²) in [4.78, 5) is 30.9. The summed E-state index contributed by atoms with van der Waals surface area (Å²) in [6.07, 6.45) is 1.58. The monoisotopic (exact) mass is 372 g/mol. The van der Waals surface area contributed by atoms with Gasteiger partial charge in [0.05, 0.1) is 17.4 Å². The quantitative estimate of drug-likeness (QED) is 0.554. The van der Waals surface area contributed by atoms with Crippen LogP contribution < -0.4 is 15.4 Å². The van der Waals surface area contributed by atoms with Crippen LogP contribution in [-0.2, 0) is 4.79 Å². The second kappa shape index (κ2) is 8.35. The van der Waals surface area contributed by atoms with Gasteiger partial charge in [-0.1, -0.05) is 11.6 Å². The average molecular weight is 373 g/mol. The Morgan fingerprint density at radius 2 is 1.85 bits per heavy atom. The molecule has 3 rings (SSSR count). The molecule has 0 saturated carbocycles. The van der Waals surface area contributed by atoms with Crippen LogP contribution in [0.4, 0.5) is 0 Å². The summed E-state index contributed by atoms with van der Waals surface area (Å²) in [5.41, 5.74) is 2.12. The zero-order chi connectivity index (χ0) is 18.4. The highest BCUT2D eigenvalue weighted by atomic mass is 35.5. The summed E-state index contributed by atoms with van der Waals surface area (Å²) in [5.74, 6) is 0.0771. The first-order valence-corrected chi connectivity index (χ1v) is 8.36. The molecule has 3 aromatic rings. The van der Waals surface area contributed by atoms with E-state index in [2.05, 4.69) is 20.6 Å². The van der Waals surface area contributed by atoms with Crippen molar-refractivity contribution in [3.05, 3.63) is 59.4 Å². The van der Waals surface area contributed by atoms with Gasteiger partial charge in [0, 0.05) is 23.7 Å². The molecule has 0 aliphatic rings. The number of rotatable bonds is 7. The van der Waals surface area contributed by atoms with E-state index in [1.165, 1.54) is 0 Å². The minimum atomic E-state index is -0.270. The van der Waals surface area contributed by atoms with Crippen LogP contribution in [0.2, 0.25) is 5.02 Å². The van der Waals surface area contributed by atoms with Crippen molar-refractivity contribution in [1.29, 1.82) is 0 Å². The molecule has 1 heterocycles. The topological polar surface area (TPSA) is 96.1 Å². The van der Waals surface area contributed by atoms with Crippen LogP contribution >= 0.6 is 11.6 Å². The van der Waals surface area contributed by atoms with Crippen LogP contribution in [-0.4, -0.2) is 41.5 Å². The van der Waals surface area contributed by atoms with E-state index in [9.17, 15) is 9.59 Å². The van der Waals surface area contributed by atoms with Crippen LogP contribution in [0, 0.1) is 0 Å². The second-order valence-corrected chi connectivity index (χ2v) is 5.92. The minimum Gasteiger partial charge on any atom is -0.484 e. The Morgan fingerprint density at radius 1 is 1.08 bits per heavy atom. The van der Waals surface area contributed by atoms with E-state index < -0.39 is 0 Å². The Morgan fingerprint density at radius 3 is 2.65 bits per heavy atom. The molecule has 2 aromatic carbocycles. The second-order valence-electron chi connectivity index (χ2n) is 5.48. The fraction of sp³-hybridized carbons (Fsp3) is 0.167. The van der Waals surface area contributed by atoms with Crippen LogP contribution in [0.25, 0.3) is 11.0 Å². The number of hydrogen-bond donors (Lipinski definition) is 3. The third-order valence-electron chi connectivity index (χ3n) is 3.60. The van der Waals surface area contributed by atoms with Gasteiger partial charge >= 0.3 is 0 Å². The molecule has 0 bridgehead atoms. The number of imidazole rings is 1. The number of amides is 2. The Bertz CT molecular complexity index is 908. The maximum atomic E-state index is 12.1. The molecule has 0 aliphatic heterocycles. The van der Waals surface area contributed by atoms with Crippen LogP contribution in [0.1, 0.15) is 10.4 Å². The number of aromatic amines is 1. The lowest BCUT2D eigenvalue weighted by atomic mass is 10.2. The van der Waals surface area contributed by atoms with Crippen LogP contribution in [0.3, 0.4) is 0 Å². The SMILES string of the molecule is O=C(COc1ccc(Cl)cc1)NCCNC(=O)c1ccc2nc[nH]c2c1. The standard InChI is InChI=1S/C18H17ClN4O3/c19-13-2-4-14(5-3-13)26-10-17(24)20-7-8-21-18(25)12-1-6-15-16(9-12)23-11-22-15/h1-6,9,11H,7-8,10H2,(H,20,24)(H,21,25)(H,22,23). The third-order valence-corrected chi connectivity index (χ3v) is 3.85. The molecule has 7 nitrogen and oxygen atoms in total. The number of ether oxygens (including phenoxy) is 1. The van der Waals surface area contributed by atoms with E-state index in [1.54, 1.807) is 48.8 Å². The van der Waals surface area contributed by atoms with Crippen molar-refractivity contribution in [2.45, 2.75) is 0 Å². The predicted octanol–water partition coefficient (Wildman–Crippen LogP) is 2.14. The van der Waals surface area contributed by atoms with E-state index in [0.717, 1.165) is 11.0 Å². The van der Waals surface area contributed by atoms with E-state index in [4.69, 9.17) is 16.3 Å². The molecule has 2 amide bonds. The Kier molecular flexibility index (Phi) is 5.70. The van der Waals surface area contributed by atoms with Gasteiger partial charge in [0.2, 0.25) is 0 Å². The number of hydrogen-bond acceptors (Lipinski definition) is 4. The van der Waals surface area contributed by atoms with Gasteiger partial charge in [-0.3, -0.25) is 9.59 Å². The third kappa shape index (κ3) is 4.73. The summed E-state index contributed by atoms with van der Waals surface area (Å²) >= 11 is 5.78. The summed E-state index contributed by atoms with van der Waals surface area (Å²) in [6.45, 7) is 0.513. The van der Waals surface area contributed by atoms with Gasteiger partial charge in [-0.05, 0) is 42.5 Å². The molecule has 0 unspecified atom stereocenters. The number of benzene rings is 2. The largest absolute Gasteiger partial charge is 0.484 e. The molecule has 0 radical (unpaired) electrons. The lowest BCUT2D eigenvalue weighted by Crippen LogP contribution is -2.36. The summed E-state index contributed by atoms with van der Waals surface area (Å²) < 4.78 is 5.34. The fourth-order valence-corrected chi connectivity index (χ4v) is 2.41. The lowest BCUT2D eigenvalue weighted by molar-refractivity contribution is -0.123. The van der Waals surface area contributed by atoms with Gasteiger partial charge in [0.1, 0.15) is 5.75 Å². The van der Waals surface area contributed by atoms with Crippen LogP contribution in [0.15, 0.2) is 48.8 Å². The molecule has 0 fully saturated rings. The van der Waals surface area contributed by atoms with Crippen LogP contribution in [0.5, 0.6) is 5.75 Å². The van der Waals surface area contributed by atoms with Gasteiger partial charge < -0.3 is 20.4 Å². The Labute approximate surface area is 154 Å². The minimum absolute atomic E-state index is 0.105. The van der Waals surface area contributed by atoms with Crippen molar-refractivity contribution in [2.24, 2.45) is 0 Å². The molecule has 1 aromatic heterocycles. The molecular formula is C18H17ClN4O3. The molecule has 0 aliphatic carbocycles. The molecule has 26 heavy (non-hydrogen) atoms. The number of halogens is 1. The van der Waals surface area contributed by atoms with E-state index in [-0.39, 0.29) is 18.4 Å².